The van der Waals surface area contributed by atoms with E-state index in [2.05, 4.69) is 5.43 Å². The van der Waals surface area contributed by atoms with Crippen LogP contribution in [-0.2, 0) is 11.0 Å². The highest BCUT2D eigenvalue weighted by atomic mass is 19.4. The third-order valence-corrected chi connectivity index (χ3v) is 3.22. The Morgan fingerprint density at radius 2 is 1.95 bits per heavy atom. The molecule has 7 heteroatoms. The van der Waals surface area contributed by atoms with Crippen LogP contribution in [0, 0.1) is 0 Å². The summed E-state index contributed by atoms with van der Waals surface area (Å²) in [5.41, 5.74) is 8.36. The zero-order chi connectivity index (χ0) is 14.8. The molecule has 2 rings (SSSR count). The molecular formula is C13H16F3N3O. The number of halogens is 3. The Labute approximate surface area is 114 Å². The normalized spacial score (nSPS) is 19.7. The summed E-state index contributed by atoms with van der Waals surface area (Å²) in [5, 5.41) is 1.48. The lowest BCUT2D eigenvalue weighted by molar-refractivity contribution is -0.137. The van der Waals surface area contributed by atoms with Crippen LogP contribution in [0.15, 0.2) is 24.3 Å². The topological polar surface area (TPSA) is 58.4 Å². The van der Waals surface area contributed by atoms with Crippen molar-refractivity contribution < 1.29 is 18.0 Å². The van der Waals surface area contributed by atoms with Crippen molar-refractivity contribution in [3.05, 3.63) is 35.4 Å². The van der Waals surface area contributed by atoms with Crippen LogP contribution in [0.1, 0.15) is 30.0 Å². The molecule has 0 radical (unpaired) electrons. The first-order chi connectivity index (χ1) is 9.41. The molecule has 0 spiro atoms. The molecule has 1 unspecified atom stereocenters. The van der Waals surface area contributed by atoms with Crippen molar-refractivity contribution in [2.24, 2.45) is 5.73 Å². The lowest BCUT2D eigenvalue weighted by atomic mass is 10.0. The molecule has 0 bridgehead atoms. The zero-order valence-electron chi connectivity index (χ0n) is 10.8. The second kappa shape index (κ2) is 5.80. The van der Waals surface area contributed by atoms with Crippen LogP contribution >= 0.6 is 0 Å². The van der Waals surface area contributed by atoms with Crippen molar-refractivity contribution in [1.29, 1.82) is 0 Å². The van der Waals surface area contributed by atoms with Gasteiger partial charge in [0.15, 0.2) is 0 Å². The van der Waals surface area contributed by atoms with Crippen LogP contribution in [0.2, 0.25) is 0 Å². The number of hydrazine groups is 1. The van der Waals surface area contributed by atoms with Gasteiger partial charge in [-0.05, 0) is 30.7 Å². The van der Waals surface area contributed by atoms with Crippen molar-refractivity contribution in [3.63, 3.8) is 0 Å². The minimum atomic E-state index is -4.34. The lowest BCUT2D eigenvalue weighted by Gasteiger charge is -2.18. The molecule has 1 heterocycles. The first-order valence-corrected chi connectivity index (χ1v) is 6.35. The molecule has 1 fully saturated rings. The summed E-state index contributed by atoms with van der Waals surface area (Å²) in [6.45, 7) is 0.989. The summed E-state index contributed by atoms with van der Waals surface area (Å²) in [6.07, 6.45) is -3.42. The van der Waals surface area contributed by atoms with Crippen molar-refractivity contribution in [3.8, 4) is 0 Å². The largest absolute Gasteiger partial charge is 0.416 e. The lowest BCUT2D eigenvalue weighted by Crippen LogP contribution is -2.36. The number of hydrogen-bond acceptors (Lipinski definition) is 3. The van der Waals surface area contributed by atoms with Crippen molar-refractivity contribution >= 4 is 5.91 Å². The molecule has 0 aromatic heterocycles. The van der Waals surface area contributed by atoms with Gasteiger partial charge < -0.3 is 5.73 Å². The van der Waals surface area contributed by atoms with E-state index >= 15 is 0 Å². The van der Waals surface area contributed by atoms with E-state index in [-0.39, 0.29) is 18.4 Å². The van der Waals surface area contributed by atoms with Gasteiger partial charge in [-0.2, -0.15) is 13.2 Å². The monoisotopic (exact) mass is 287 g/mol. The Hall–Kier alpha value is -1.60. The van der Waals surface area contributed by atoms with Gasteiger partial charge in [-0.15, -0.1) is 0 Å². The van der Waals surface area contributed by atoms with Crippen LogP contribution in [0.5, 0.6) is 0 Å². The maximum atomic E-state index is 12.5. The predicted octanol–water partition coefficient (Wildman–Crippen LogP) is 1.83. The van der Waals surface area contributed by atoms with E-state index in [4.69, 9.17) is 5.73 Å². The molecule has 4 nitrogen and oxygen atoms in total. The van der Waals surface area contributed by atoms with Gasteiger partial charge in [-0.25, -0.2) is 5.43 Å². The van der Waals surface area contributed by atoms with E-state index in [0.717, 1.165) is 12.1 Å². The maximum absolute atomic E-state index is 12.5. The molecule has 3 N–H and O–H groups in total. The van der Waals surface area contributed by atoms with Gasteiger partial charge in [0.25, 0.3) is 0 Å². The molecule has 1 saturated heterocycles. The fourth-order valence-corrected chi connectivity index (χ4v) is 2.13. The number of alkyl halides is 3. The molecule has 110 valence electrons. The average molecular weight is 287 g/mol. The van der Waals surface area contributed by atoms with E-state index in [1.165, 1.54) is 17.1 Å². The van der Waals surface area contributed by atoms with Gasteiger partial charge in [0.1, 0.15) is 0 Å². The number of carbonyl (C=O) groups is 1. The van der Waals surface area contributed by atoms with E-state index in [0.29, 0.717) is 25.1 Å². The first-order valence-electron chi connectivity index (χ1n) is 6.35. The minimum Gasteiger partial charge on any atom is -0.330 e. The van der Waals surface area contributed by atoms with Gasteiger partial charge in [0.05, 0.1) is 11.6 Å². The second-order valence-corrected chi connectivity index (χ2v) is 4.69. The van der Waals surface area contributed by atoms with E-state index < -0.39 is 11.7 Å². The van der Waals surface area contributed by atoms with Crippen LogP contribution in [0.3, 0.4) is 0 Å². The Bertz CT molecular complexity index is 473. The summed E-state index contributed by atoms with van der Waals surface area (Å²) in [6, 6.07) is 4.59. The summed E-state index contributed by atoms with van der Waals surface area (Å²) in [4.78, 5) is 11.7. The third kappa shape index (κ3) is 3.29. The molecule has 1 aromatic carbocycles. The number of rotatable bonds is 4. The quantitative estimate of drug-likeness (QED) is 0.888. The molecule has 1 amide bonds. The Morgan fingerprint density at radius 1 is 1.30 bits per heavy atom. The number of nitrogens with zero attached hydrogens (tertiary/aromatic N) is 1. The molecule has 1 aliphatic heterocycles. The number of nitrogens with two attached hydrogens (primary N) is 1. The summed E-state index contributed by atoms with van der Waals surface area (Å²) < 4.78 is 37.4. The van der Waals surface area contributed by atoms with E-state index in [1.54, 1.807) is 0 Å². The highest BCUT2D eigenvalue weighted by molar-refractivity contribution is 5.78. The number of nitrogens with one attached hydrogen (secondary N) is 1. The van der Waals surface area contributed by atoms with Crippen molar-refractivity contribution in [2.45, 2.75) is 25.1 Å². The first kappa shape index (κ1) is 14.8. The molecular weight excluding hydrogens is 271 g/mol. The summed E-state index contributed by atoms with van der Waals surface area (Å²) in [7, 11) is 0. The maximum Gasteiger partial charge on any atom is 0.416 e. The van der Waals surface area contributed by atoms with Gasteiger partial charge in [0.2, 0.25) is 5.91 Å². The van der Waals surface area contributed by atoms with Crippen molar-refractivity contribution in [2.75, 3.05) is 13.1 Å². The van der Waals surface area contributed by atoms with Crippen LogP contribution < -0.4 is 11.2 Å². The SMILES string of the molecule is NCCCN1NC(c2ccc(C(F)(F)F)cc2)CC1=O. The molecule has 1 aliphatic rings. The van der Waals surface area contributed by atoms with E-state index in [1.807, 2.05) is 0 Å². The van der Waals surface area contributed by atoms with Gasteiger partial charge in [0, 0.05) is 13.0 Å². The second-order valence-electron chi connectivity index (χ2n) is 4.69. The third-order valence-electron chi connectivity index (χ3n) is 3.22. The molecule has 1 atom stereocenters. The molecule has 0 saturated carbocycles. The fourth-order valence-electron chi connectivity index (χ4n) is 2.13. The van der Waals surface area contributed by atoms with Gasteiger partial charge in [-0.1, -0.05) is 12.1 Å². The minimum absolute atomic E-state index is 0.0663. The Kier molecular flexibility index (Phi) is 4.29. The summed E-state index contributed by atoms with van der Waals surface area (Å²) in [5.74, 6) is -0.0663. The van der Waals surface area contributed by atoms with E-state index in [9.17, 15) is 18.0 Å². The van der Waals surface area contributed by atoms with Crippen molar-refractivity contribution in [1.82, 2.24) is 10.4 Å². The highest BCUT2D eigenvalue weighted by Crippen LogP contribution is 2.31. The van der Waals surface area contributed by atoms with Gasteiger partial charge in [-0.3, -0.25) is 9.80 Å². The molecule has 20 heavy (non-hydrogen) atoms. The fraction of sp³-hybridized carbons (Fsp3) is 0.462. The number of benzene rings is 1. The standard InChI is InChI=1S/C13H16F3N3O/c14-13(15,16)10-4-2-9(3-5-10)11-8-12(20)19(18-11)7-1-6-17/h2-5,11,18H,1,6-8,17H2. The molecule has 1 aromatic rings. The smallest absolute Gasteiger partial charge is 0.330 e. The zero-order valence-corrected chi connectivity index (χ0v) is 10.8. The average Bonchev–Trinajstić information content (AvgIpc) is 2.77. The Balaban J connectivity index is 2.04. The Morgan fingerprint density at radius 3 is 2.50 bits per heavy atom. The number of hydrogen-bond donors (Lipinski definition) is 2. The van der Waals surface area contributed by atoms with Crippen LogP contribution in [0.25, 0.3) is 0 Å². The number of amides is 1. The number of carbonyl (C=O) groups excluding carboxylic acids is 1. The van der Waals surface area contributed by atoms with Crippen LogP contribution in [-0.4, -0.2) is 24.0 Å². The van der Waals surface area contributed by atoms with Crippen LogP contribution in [0.4, 0.5) is 13.2 Å². The molecule has 0 aliphatic carbocycles. The van der Waals surface area contributed by atoms with Gasteiger partial charge >= 0.3 is 6.18 Å². The highest BCUT2D eigenvalue weighted by Gasteiger charge is 2.32. The summed E-state index contributed by atoms with van der Waals surface area (Å²) >= 11 is 0. The predicted molar refractivity (Wildman–Crippen MR) is 67.3 cm³/mol.